The minimum Gasteiger partial charge on any atom is -0.504 e. The maximum absolute atomic E-state index is 12.3. The van der Waals surface area contributed by atoms with Gasteiger partial charge in [0.1, 0.15) is 0 Å². The lowest BCUT2D eigenvalue weighted by Gasteiger charge is -2.35. The van der Waals surface area contributed by atoms with E-state index in [0.29, 0.717) is 11.7 Å². The average molecular weight is 278 g/mol. The van der Waals surface area contributed by atoms with Crippen molar-refractivity contribution in [1.29, 1.82) is 0 Å². The van der Waals surface area contributed by atoms with E-state index in [1.807, 2.05) is 0 Å². The van der Waals surface area contributed by atoms with Crippen LogP contribution in [0.4, 0.5) is 0 Å². The minimum atomic E-state index is -0.247. The molecule has 1 aliphatic rings. The number of rotatable bonds is 3. The SMILES string of the molecule is COc1cccc(C(=O)NC2CCN(C)CC2C)c1O. The highest BCUT2D eigenvalue weighted by Gasteiger charge is 2.26. The summed E-state index contributed by atoms with van der Waals surface area (Å²) in [4.78, 5) is 14.5. The molecule has 1 fully saturated rings. The highest BCUT2D eigenvalue weighted by atomic mass is 16.5. The van der Waals surface area contributed by atoms with E-state index in [4.69, 9.17) is 4.74 Å². The zero-order valence-corrected chi connectivity index (χ0v) is 12.2. The van der Waals surface area contributed by atoms with Gasteiger partial charge in [0.25, 0.3) is 5.91 Å². The van der Waals surface area contributed by atoms with E-state index >= 15 is 0 Å². The zero-order chi connectivity index (χ0) is 14.7. The molecule has 20 heavy (non-hydrogen) atoms. The molecule has 1 aromatic carbocycles. The van der Waals surface area contributed by atoms with E-state index < -0.39 is 0 Å². The van der Waals surface area contributed by atoms with Gasteiger partial charge in [0, 0.05) is 12.6 Å². The van der Waals surface area contributed by atoms with Gasteiger partial charge in [-0.1, -0.05) is 13.0 Å². The number of hydrogen-bond donors (Lipinski definition) is 2. The zero-order valence-electron chi connectivity index (χ0n) is 12.2. The number of aromatic hydroxyl groups is 1. The highest BCUT2D eigenvalue weighted by Crippen LogP contribution is 2.29. The predicted octanol–water partition coefficient (Wildman–Crippen LogP) is 1.47. The van der Waals surface area contributed by atoms with Crippen molar-refractivity contribution in [3.63, 3.8) is 0 Å². The Bertz CT molecular complexity index is 490. The molecule has 2 atom stereocenters. The van der Waals surface area contributed by atoms with E-state index in [0.717, 1.165) is 19.5 Å². The van der Waals surface area contributed by atoms with Crippen LogP contribution in [0.25, 0.3) is 0 Å². The molecule has 2 rings (SSSR count). The van der Waals surface area contributed by atoms with Gasteiger partial charge in [-0.3, -0.25) is 4.79 Å². The Hall–Kier alpha value is -1.75. The quantitative estimate of drug-likeness (QED) is 0.879. The Morgan fingerprint density at radius 3 is 2.90 bits per heavy atom. The van der Waals surface area contributed by atoms with Crippen LogP contribution in [0.2, 0.25) is 0 Å². The molecule has 0 bridgehead atoms. The molecular weight excluding hydrogens is 256 g/mol. The molecule has 0 saturated carbocycles. The number of likely N-dealkylation sites (tertiary alicyclic amines) is 1. The van der Waals surface area contributed by atoms with Crippen molar-refractivity contribution >= 4 is 5.91 Å². The summed E-state index contributed by atoms with van der Waals surface area (Å²) in [5.74, 6) is 0.357. The number of nitrogens with one attached hydrogen (secondary N) is 1. The van der Waals surface area contributed by atoms with Crippen molar-refractivity contribution in [2.75, 3.05) is 27.2 Å². The van der Waals surface area contributed by atoms with E-state index in [1.165, 1.54) is 7.11 Å². The first-order chi connectivity index (χ1) is 9.52. The molecule has 1 amide bonds. The molecule has 2 unspecified atom stereocenters. The molecule has 0 aromatic heterocycles. The van der Waals surface area contributed by atoms with E-state index in [1.54, 1.807) is 18.2 Å². The highest BCUT2D eigenvalue weighted by molar-refractivity contribution is 5.97. The summed E-state index contributed by atoms with van der Waals surface area (Å²) < 4.78 is 5.02. The number of phenolic OH excluding ortho intramolecular Hbond substituents is 1. The second-order valence-electron chi connectivity index (χ2n) is 5.46. The van der Waals surface area contributed by atoms with Crippen LogP contribution >= 0.6 is 0 Å². The van der Waals surface area contributed by atoms with Crippen LogP contribution in [0.15, 0.2) is 18.2 Å². The van der Waals surface area contributed by atoms with Crippen molar-refractivity contribution in [2.24, 2.45) is 5.92 Å². The van der Waals surface area contributed by atoms with Gasteiger partial charge in [0.05, 0.1) is 12.7 Å². The first-order valence-corrected chi connectivity index (χ1v) is 6.88. The van der Waals surface area contributed by atoms with Gasteiger partial charge >= 0.3 is 0 Å². The van der Waals surface area contributed by atoms with Crippen LogP contribution in [-0.2, 0) is 0 Å². The summed E-state index contributed by atoms with van der Waals surface area (Å²) in [5, 5.41) is 13.0. The fourth-order valence-electron chi connectivity index (χ4n) is 2.68. The molecule has 1 heterocycles. The summed E-state index contributed by atoms with van der Waals surface area (Å²) in [6, 6.07) is 5.08. The molecule has 2 N–H and O–H groups in total. The first-order valence-electron chi connectivity index (χ1n) is 6.88. The van der Waals surface area contributed by atoms with E-state index in [9.17, 15) is 9.90 Å². The lowest BCUT2D eigenvalue weighted by Crippen LogP contribution is -2.48. The van der Waals surface area contributed by atoms with Crippen molar-refractivity contribution in [1.82, 2.24) is 10.2 Å². The molecule has 0 spiro atoms. The Balaban J connectivity index is 2.09. The fourth-order valence-corrected chi connectivity index (χ4v) is 2.68. The second kappa shape index (κ2) is 6.13. The number of phenols is 1. The fraction of sp³-hybridized carbons (Fsp3) is 0.533. The number of nitrogens with zero attached hydrogens (tertiary/aromatic N) is 1. The summed E-state index contributed by atoms with van der Waals surface area (Å²) in [7, 11) is 3.55. The van der Waals surface area contributed by atoms with Crippen LogP contribution in [0, 0.1) is 5.92 Å². The van der Waals surface area contributed by atoms with E-state index in [2.05, 4.69) is 24.2 Å². The number of amides is 1. The third kappa shape index (κ3) is 3.04. The Morgan fingerprint density at radius 1 is 1.50 bits per heavy atom. The number of carbonyl (C=O) groups is 1. The molecule has 5 heteroatoms. The largest absolute Gasteiger partial charge is 0.504 e. The standard InChI is InChI=1S/C15H22N2O3/c1-10-9-17(2)8-7-12(10)16-15(19)11-5-4-6-13(20-3)14(11)18/h4-6,10,12,18H,7-9H2,1-3H3,(H,16,19). The smallest absolute Gasteiger partial charge is 0.255 e. The number of para-hydroxylation sites is 1. The van der Waals surface area contributed by atoms with Crippen molar-refractivity contribution in [3.05, 3.63) is 23.8 Å². The molecule has 1 saturated heterocycles. The number of ether oxygens (including phenoxy) is 1. The number of piperidine rings is 1. The topological polar surface area (TPSA) is 61.8 Å². The van der Waals surface area contributed by atoms with Gasteiger partial charge in [-0.15, -0.1) is 0 Å². The van der Waals surface area contributed by atoms with Gasteiger partial charge in [-0.25, -0.2) is 0 Å². The second-order valence-corrected chi connectivity index (χ2v) is 5.46. The number of benzene rings is 1. The van der Waals surface area contributed by atoms with E-state index in [-0.39, 0.29) is 23.3 Å². The normalized spacial score (nSPS) is 23.4. The summed E-state index contributed by atoms with van der Waals surface area (Å²) in [5.41, 5.74) is 0.260. The molecule has 110 valence electrons. The average Bonchev–Trinajstić information content (AvgIpc) is 2.42. The first kappa shape index (κ1) is 14.7. The van der Waals surface area contributed by atoms with Gasteiger partial charge in [-0.2, -0.15) is 0 Å². The lowest BCUT2D eigenvalue weighted by molar-refractivity contribution is 0.0880. The predicted molar refractivity (Wildman–Crippen MR) is 77.2 cm³/mol. The third-order valence-corrected chi connectivity index (χ3v) is 3.89. The molecular formula is C15H22N2O3. The van der Waals surface area contributed by atoms with Gasteiger partial charge in [-0.05, 0) is 38.1 Å². The van der Waals surface area contributed by atoms with Crippen molar-refractivity contribution < 1.29 is 14.6 Å². The summed E-state index contributed by atoms with van der Waals surface area (Å²) in [6.07, 6.45) is 0.925. The number of methoxy groups -OCH3 is 1. The van der Waals surface area contributed by atoms with Crippen LogP contribution in [0.5, 0.6) is 11.5 Å². The maximum atomic E-state index is 12.3. The van der Waals surface area contributed by atoms with Gasteiger partial charge in [0.15, 0.2) is 11.5 Å². The Labute approximate surface area is 119 Å². The number of hydrogen-bond acceptors (Lipinski definition) is 4. The minimum absolute atomic E-state index is 0.104. The molecule has 0 aliphatic carbocycles. The number of carbonyl (C=O) groups excluding carboxylic acids is 1. The third-order valence-electron chi connectivity index (χ3n) is 3.89. The lowest BCUT2D eigenvalue weighted by atomic mass is 9.94. The Kier molecular flexibility index (Phi) is 4.49. The summed E-state index contributed by atoms with van der Waals surface area (Å²) >= 11 is 0. The maximum Gasteiger partial charge on any atom is 0.255 e. The molecule has 1 aliphatic heterocycles. The molecule has 5 nitrogen and oxygen atoms in total. The van der Waals surface area contributed by atoms with Crippen LogP contribution < -0.4 is 10.1 Å². The molecule has 0 radical (unpaired) electrons. The van der Waals surface area contributed by atoms with Crippen LogP contribution in [0.3, 0.4) is 0 Å². The van der Waals surface area contributed by atoms with Gasteiger partial charge < -0.3 is 20.1 Å². The van der Waals surface area contributed by atoms with Crippen molar-refractivity contribution in [3.8, 4) is 11.5 Å². The summed E-state index contributed by atoms with van der Waals surface area (Å²) in [6.45, 7) is 4.07. The van der Waals surface area contributed by atoms with Crippen molar-refractivity contribution in [2.45, 2.75) is 19.4 Å². The Morgan fingerprint density at radius 2 is 2.25 bits per heavy atom. The van der Waals surface area contributed by atoms with Gasteiger partial charge in [0.2, 0.25) is 0 Å². The molecule has 1 aromatic rings. The van der Waals surface area contributed by atoms with Crippen LogP contribution in [0.1, 0.15) is 23.7 Å². The van der Waals surface area contributed by atoms with Crippen LogP contribution in [-0.4, -0.2) is 49.2 Å². The monoisotopic (exact) mass is 278 g/mol.